The monoisotopic (exact) mass is 619 g/mol. The second kappa shape index (κ2) is 12.7. The maximum absolute atomic E-state index is 13.7. The van der Waals surface area contributed by atoms with Gasteiger partial charge >= 0.3 is 6.18 Å². The topological polar surface area (TPSA) is 84.6 Å². The van der Waals surface area contributed by atoms with E-state index >= 15 is 0 Å². The summed E-state index contributed by atoms with van der Waals surface area (Å²) in [6.45, 7) is 4.15. The lowest BCUT2D eigenvalue weighted by molar-refractivity contribution is -0.138. The molecule has 1 saturated heterocycles. The van der Waals surface area contributed by atoms with Crippen LogP contribution in [0.4, 0.5) is 19.1 Å². The van der Waals surface area contributed by atoms with Gasteiger partial charge in [-0.15, -0.1) is 11.3 Å². The van der Waals surface area contributed by atoms with Gasteiger partial charge in [-0.3, -0.25) is 9.69 Å². The lowest BCUT2D eigenvalue weighted by Gasteiger charge is -2.34. The van der Waals surface area contributed by atoms with E-state index in [0.29, 0.717) is 15.9 Å². The number of rotatable bonds is 9. The molecule has 214 valence electrons. The van der Waals surface area contributed by atoms with Crippen molar-refractivity contribution in [2.45, 2.75) is 29.1 Å². The number of primary amides is 1. The van der Waals surface area contributed by atoms with Crippen molar-refractivity contribution in [2.24, 2.45) is 5.73 Å². The smallest absolute Gasteiger partial charge is 0.417 e. The molecule has 0 spiro atoms. The van der Waals surface area contributed by atoms with Crippen LogP contribution in [0.25, 0.3) is 0 Å². The number of halogens is 4. The number of amides is 1. The van der Waals surface area contributed by atoms with Crippen LogP contribution in [0.15, 0.2) is 76.0 Å². The van der Waals surface area contributed by atoms with Crippen molar-refractivity contribution in [3.05, 3.63) is 92.8 Å². The van der Waals surface area contributed by atoms with Gasteiger partial charge < -0.3 is 15.4 Å². The summed E-state index contributed by atoms with van der Waals surface area (Å²) in [7, 11) is 0. The molecule has 0 saturated carbocycles. The van der Waals surface area contributed by atoms with Crippen molar-refractivity contribution < 1.29 is 22.7 Å². The highest BCUT2D eigenvalue weighted by Gasteiger charge is 2.35. The maximum atomic E-state index is 13.7. The van der Waals surface area contributed by atoms with Gasteiger partial charge in [-0.05, 0) is 47.3 Å². The van der Waals surface area contributed by atoms with E-state index in [0.717, 1.165) is 62.2 Å². The number of hydrogen-bond donors (Lipinski definition) is 1. The Hall–Kier alpha value is -3.32. The Morgan fingerprint density at radius 3 is 2.59 bits per heavy atom. The molecule has 0 unspecified atom stereocenters. The minimum Gasteiger partial charge on any atom is -0.472 e. The number of aromatic nitrogens is 2. The van der Waals surface area contributed by atoms with Crippen molar-refractivity contribution >= 4 is 46.6 Å². The molecule has 1 aliphatic rings. The summed E-state index contributed by atoms with van der Waals surface area (Å²) < 4.78 is 47.0. The van der Waals surface area contributed by atoms with Gasteiger partial charge in [0.25, 0.3) is 0 Å². The molecule has 3 heterocycles. The molecule has 2 aromatic carbocycles. The zero-order chi connectivity index (χ0) is 29.0. The largest absolute Gasteiger partial charge is 0.472 e. The standard InChI is InChI=1S/C28H25ClF3N5O2S2/c29-19-4-1-3-18(13-19)17-39-26-24(41-20-6-7-22(25(33)38)23(14-20)28(30,31)32)15-34-27(35-26)37-10-8-36(9-11-37)16-21-5-2-12-40-21/h1-7,12-15H,8-11,16-17H2,(H2,33,38). The van der Waals surface area contributed by atoms with Gasteiger partial charge in [0.15, 0.2) is 0 Å². The highest BCUT2D eigenvalue weighted by Crippen LogP contribution is 2.39. The van der Waals surface area contributed by atoms with Gasteiger partial charge in [0.2, 0.25) is 17.7 Å². The van der Waals surface area contributed by atoms with Gasteiger partial charge in [-0.2, -0.15) is 18.2 Å². The third kappa shape index (κ3) is 7.50. The molecule has 1 amide bonds. The number of benzene rings is 2. The molecule has 0 bridgehead atoms. The number of hydrogen-bond acceptors (Lipinski definition) is 8. The third-order valence-corrected chi connectivity index (χ3v) is 8.46. The van der Waals surface area contributed by atoms with Crippen molar-refractivity contribution in [3.8, 4) is 5.88 Å². The number of alkyl halides is 3. The number of ether oxygens (including phenoxy) is 1. The Bertz CT molecular complexity index is 1510. The molecular formula is C28H25ClF3N5O2S2. The summed E-state index contributed by atoms with van der Waals surface area (Å²) in [5.74, 6) is -0.442. The first-order valence-corrected chi connectivity index (χ1v) is 14.7. The second-order valence-corrected chi connectivity index (χ2v) is 11.9. The summed E-state index contributed by atoms with van der Waals surface area (Å²) in [6.07, 6.45) is -3.20. The molecule has 1 fully saturated rings. The Balaban J connectivity index is 1.38. The SMILES string of the molecule is NC(=O)c1ccc(Sc2cnc(N3CCN(Cc4cccs4)CC3)nc2OCc2cccc(Cl)c2)cc1C(F)(F)F. The highest BCUT2D eigenvalue weighted by molar-refractivity contribution is 7.99. The van der Waals surface area contributed by atoms with Gasteiger partial charge in [-0.1, -0.05) is 41.6 Å². The quantitative estimate of drug-likeness (QED) is 0.233. The fourth-order valence-electron chi connectivity index (χ4n) is 4.34. The van der Waals surface area contributed by atoms with Crippen LogP contribution in [0.2, 0.25) is 5.02 Å². The predicted octanol–water partition coefficient (Wildman–Crippen LogP) is 6.36. The van der Waals surface area contributed by atoms with E-state index in [9.17, 15) is 18.0 Å². The zero-order valence-electron chi connectivity index (χ0n) is 21.6. The number of carbonyl (C=O) groups is 1. The van der Waals surface area contributed by atoms with Crippen LogP contribution in [0.1, 0.15) is 26.4 Å². The van der Waals surface area contributed by atoms with Crippen LogP contribution in [-0.2, 0) is 19.3 Å². The summed E-state index contributed by atoms with van der Waals surface area (Å²) in [5, 5.41) is 2.62. The average molecular weight is 620 g/mol. The number of anilines is 1. The van der Waals surface area contributed by atoms with Crippen LogP contribution in [0.5, 0.6) is 5.88 Å². The second-order valence-electron chi connectivity index (χ2n) is 9.27. The summed E-state index contributed by atoms with van der Waals surface area (Å²) in [6, 6.07) is 14.7. The molecule has 2 aromatic heterocycles. The molecule has 13 heteroatoms. The normalized spacial score (nSPS) is 14.3. The van der Waals surface area contributed by atoms with Crippen LogP contribution in [0, 0.1) is 0 Å². The molecule has 7 nitrogen and oxygen atoms in total. The Morgan fingerprint density at radius 1 is 1.10 bits per heavy atom. The first kappa shape index (κ1) is 29.2. The van der Waals surface area contributed by atoms with E-state index in [2.05, 4.69) is 31.2 Å². The van der Waals surface area contributed by atoms with Gasteiger partial charge in [0.1, 0.15) is 6.61 Å². The first-order chi connectivity index (χ1) is 19.7. The number of thiophene rings is 1. The van der Waals surface area contributed by atoms with E-state index in [-0.39, 0.29) is 17.4 Å². The van der Waals surface area contributed by atoms with E-state index in [4.69, 9.17) is 22.1 Å². The highest BCUT2D eigenvalue weighted by atomic mass is 35.5. The molecule has 41 heavy (non-hydrogen) atoms. The Morgan fingerprint density at radius 2 is 1.90 bits per heavy atom. The van der Waals surface area contributed by atoms with Crippen LogP contribution in [0.3, 0.4) is 0 Å². The fraction of sp³-hybridized carbons (Fsp3) is 0.250. The van der Waals surface area contributed by atoms with E-state index in [1.54, 1.807) is 35.7 Å². The zero-order valence-corrected chi connectivity index (χ0v) is 24.0. The van der Waals surface area contributed by atoms with Crippen molar-refractivity contribution in [1.29, 1.82) is 0 Å². The van der Waals surface area contributed by atoms with Gasteiger partial charge in [-0.25, -0.2) is 4.98 Å². The van der Waals surface area contributed by atoms with E-state index in [1.807, 2.05) is 12.1 Å². The molecule has 5 rings (SSSR count). The summed E-state index contributed by atoms with van der Waals surface area (Å²) >= 11 is 8.86. The van der Waals surface area contributed by atoms with Crippen LogP contribution in [-0.4, -0.2) is 47.0 Å². The summed E-state index contributed by atoms with van der Waals surface area (Å²) in [4.78, 5) is 27.2. The summed E-state index contributed by atoms with van der Waals surface area (Å²) in [5.41, 5.74) is 4.28. The lowest BCUT2D eigenvalue weighted by Crippen LogP contribution is -2.46. The molecule has 0 atom stereocenters. The Kier molecular flexibility index (Phi) is 9.03. The number of piperazine rings is 1. The number of nitrogens with zero attached hydrogens (tertiary/aromatic N) is 4. The van der Waals surface area contributed by atoms with Gasteiger partial charge in [0, 0.05) is 47.5 Å². The minimum atomic E-state index is -4.75. The maximum Gasteiger partial charge on any atom is 0.417 e. The van der Waals surface area contributed by atoms with Crippen LogP contribution < -0.4 is 15.4 Å². The van der Waals surface area contributed by atoms with E-state index in [1.165, 1.54) is 10.9 Å². The molecule has 2 N–H and O–H groups in total. The lowest BCUT2D eigenvalue weighted by atomic mass is 10.1. The van der Waals surface area contributed by atoms with Crippen molar-refractivity contribution in [1.82, 2.24) is 14.9 Å². The van der Waals surface area contributed by atoms with Crippen LogP contribution >= 0.6 is 34.7 Å². The first-order valence-electron chi connectivity index (χ1n) is 12.6. The third-order valence-electron chi connectivity index (χ3n) is 6.38. The minimum absolute atomic E-state index is 0.146. The fourth-order valence-corrected chi connectivity index (χ4v) is 6.17. The van der Waals surface area contributed by atoms with E-state index < -0.39 is 23.2 Å². The molecule has 1 aliphatic heterocycles. The van der Waals surface area contributed by atoms with Crippen molar-refractivity contribution in [2.75, 3.05) is 31.1 Å². The Labute approximate surface area is 248 Å². The number of nitrogens with two attached hydrogens (primary N) is 1. The predicted molar refractivity (Wildman–Crippen MR) is 154 cm³/mol. The molecular weight excluding hydrogens is 595 g/mol. The molecule has 0 radical (unpaired) electrons. The number of carbonyl (C=O) groups excluding carboxylic acids is 1. The average Bonchev–Trinajstić information content (AvgIpc) is 3.45. The van der Waals surface area contributed by atoms with Gasteiger partial charge in [0.05, 0.1) is 22.2 Å². The van der Waals surface area contributed by atoms with Crippen molar-refractivity contribution in [3.63, 3.8) is 0 Å². The molecule has 4 aromatic rings. The molecule has 0 aliphatic carbocycles.